The Morgan fingerprint density at radius 2 is 2.25 bits per heavy atom. The summed E-state index contributed by atoms with van der Waals surface area (Å²) in [5.74, 6) is 0.110. The highest BCUT2D eigenvalue weighted by atomic mass is 33.1. The van der Waals surface area contributed by atoms with Gasteiger partial charge in [0.1, 0.15) is 6.61 Å². The van der Waals surface area contributed by atoms with Crippen molar-refractivity contribution in [3.05, 3.63) is 0 Å². The minimum absolute atomic E-state index is 0.110. The van der Waals surface area contributed by atoms with E-state index in [-0.39, 0.29) is 5.75 Å². The van der Waals surface area contributed by atoms with E-state index in [9.17, 15) is 8.42 Å². The number of hydrogen-bond donors (Lipinski definition) is 1. The first-order valence-electron chi connectivity index (χ1n) is 3.23. The molecule has 0 aliphatic carbocycles. The molecule has 0 fully saturated rings. The normalized spacial score (nSPS) is 13.1. The Balaban J connectivity index is 3.79. The smallest absolute Gasteiger partial charge is 0.320 e. The molecule has 0 aromatic heterocycles. The van der Waals surface area contributed by atoms with E-state index in [0.717, 1.165) is 0 Å². The van der Waals surface area contributed by atoms with Crippen LogP contribution in [0.3, 0.4) is 0 Å². The molecule has 0 heterocycles. The fourth-order valence-electron chi connectivity index (χ4n) is 0.361. The van der Waals surface area contributed by atoms with Crippen LogP contribution >= 0.6 is 10.8 Å². The third kappa shape index (κ3) is 7.83. The minimum atomic E-state index is -3.96. The van der Waals surface area contributed by atoms with Crippen LogP contribution in [-0.4, -0.2) is 31.0 Å². The summed E-state index contributed by atoms with van der Waals surface area (Å²) in [6, 6.07) is 0. The van der Waals surface area contributed by atoms with E-state index in [4.69, 9.17) is 4.55 Å². The van der Waals surface area contributed by atoms with Gasteiger partial charge in [0.15, 0.2) is 0 Å². The Labute approximate surface area is 75.3 Å². The Morgan fingerprint density at radius 3 is 2.67 bits per heavy atom. The molecule has 0 aliphatic rings. The van der Waals surface area contributed by atoms with E-state index < -0.39 is 9.15 Å². The molecule has 1 N–H and O–H groups in total. The van der Waals surface area contributed by atoms with Crippen molar-refractivity contribution in [3.63, 3.8) is 0 Å². The van der Waals surface area contributed by atoms with Crippen molar-refractivity contribution < 1.29 is 17.8 Å². The van der Waals surface area contributed by atoms with Gasteiger partial charge in [0, 0.05) is 10.8 Å². The zero-order valence-corrected chi connectivity index (χ0v) is 8.48. The maximum atomic E-state index is 10.2. The average molecular weight is 213 g/mol. The van der Waals surface area contributed by atoms with E-state index in [1.807, 2.05) is 0 Å². The zero-order chi connectivity index (χ0) is 9.61. The van der Waals surface area contributed by atoms with Crippen molar-refractivity contribution in [3.8, 4) is 0 Å². The molecule has 0 unspecified atom stereocenters. The van der Waals surface area contributed by atoms with Gasteiger partial charge in [-0.2, -0.15) is 8.42 Å². The first-order chi connectivity index (χ1) is 5.45. The third-order valence-electron chi connectivity index (χ3n) is 0.766. The van der Waals surface area contributed by atoms with Gasteiger partial charge in [-0.15, -0.1) is 0 Å². The van der Waals surface area contributed by atoms with Gasteiger partial charge in [-0.3, -0.25) is 4.55 Å². The largest absolute Gasteiger partial charge is 0.396 e. The number of rotatable bonds is 5. The van der Waals surface area contributed by atoms with Crippen LogP contribution in [0.25, 0.3) is 0 Å². The predicted molar refractivity (Wildman–Crippen MR) is 48.7 cm³/mol. The molecule has 0 aromatic carbocycles. The fraction of sp³-hybridized carbons (Fsp3) is 0.800. The summed E-state index contributed by atoms with van der Waals surface area (Å²) < 4.78 is 28.8. The third-order valence-corrected chi connectivity index (χ3v) is 2.85. The molecular formula is C5H11NO4S2. The van der Waals surface area contributed by atoms with E-state index in [2.05, 4.69) is 9.99 Å². The highest BCUT2D eigenvalue weighted by Gasteiger charge is 2.05. The highest BCUT2D eigenvalue weighted by molar-refractivity contribution is 8.70. The van der Waals surface area contributed by atoms with Gasteiger partial charge in [-0.25, -0.2) is 0 Å². The second-order valence-electron chi connectivity index (χ2n) is 1.93. The van der Waals surface area contributed by atoms with Crippen molar-refractivity contribution in [2.45, 2.75) is 13.8 Å². The van der Waals surface area contributed by atoms with Crippen LogP contribution in [-0.2, 0) is 14.0 Å². The van der Waals surface area contributed by atoms with Crippen LogP contribution in [0.5, 0.6) is 0 Å². The Morgan fingerprint density at radius 1 is 1.67 bits per heavy atom. The predicted octanol–water partition coefficient (Wildman–Crippen LogP) is 0.935. The summed E-state index contributed by atoms with van der Waals surface area (Å²) in [4.78, 5) is 4.66. The Kier molecular flexibility index (Phi) is 5.27. The first kappa shape index (κ1) is 11.7. The maximum absolute atomic E-state index is 10.2. The lowest BCUT2D eigenvalue weighted by atomic mass is 10.5. The monoisotopic (exact) mass is 213 g/mol. The van der Waals surface area contributed by atoms with Gasteiger partial charge in [0.25, 0.3) is 0 Å². The van der Waals surface area contributed by atoms with Gasteiger partial charge in [0.05, 0.1) is 11.5 Å². The standard InChI is InChI=1S/C5H11NO4S2/c1-3-10-6-5(2)4-11-12(7,8)9/h3-4H2,1-2H3,(H,7,8,9)/b6-5-. The zero-order valence-electron chi connectivity index (χ0n) is 6.85. The second kappa shape index (κ2) is 5.39. The van der Waals surface area contributed by atoms with E-state index in [1.54, 1.807) is 13.8 Å². The minimum Gasteiger partial charge on any atom is -0.396 e. The van der Waals surface area contributed by atoms with E-state index >= 15 is 0 Å². The first-order valence-corrected chi connectivity index (χ1v) is 6.17. The van der Waals surface area contributed by atoms with Crippen molar-refractivity contribution in [2.24, 2.45) is 5.16 Å². The molecule has 72 valence electrons. The van der Waals surface area contributed by atoms with Crippen molar-refractivity contribution >= 4 is 25.7 Å². The molecule has 5 nitrogen and oxygen atoms in total. The van der Waals surface area contributed by atoms with Gasteiger partial charge >= 0.3 is 9.15 Å². The summed E-state index contributed by atoms with van der Waals surface area (Å²) in [6.07, 6.45) is 0. The molecular weight excluding hydrogens is 202 g/mol. The summed E-state index contributed by atoms with van der Waals surface area (Å²) in [5.41, 5.74) is 0.513. The molecule has 0 aromatic rings. The molecule has 0 bridgehead atoms. The number of hydrogen-bond acceptors (Lipinski definition) is 5. The fourth-order valence-corrected chi connectivity index (χ4v) is 1.69. The Hall–Kier alpha value is -0.270. The van der Waals surface area contributed by atoms with Crippen LogP contribution < -0.4 is 0 Å². The molecule has 12 heavy (non-hydrogen) atoms. The molecule has 0 radical (unpaired) electrons. The molecule has 7 heteroatoms. The van der Waals surface area contributed by atoms with Crippen LogP contribution in [0, 0.1) is 0 Å². The SMILES string of the molecule is CCO/N=C(/C)CSS(=O)(=O)O. The lowest BCUT2D eigenvalue weighted by Gasteiger charge is -1.97. The number of oxime groups is 1. The van der Waals surface area contributed by atoms with Crippen LogP contribution in [0.4, 0.5) is 0 Å². The molecule has 0 rings (SSSR count). The van der Waals surface area contributed by atoms with Crippen LogP contribution in [0.2, 0.25) is 0 Å². The van der Waals surface area contributed by atoms with E-state index in [1.165, 1.54) is 0 Å². The maximum Gasteiger partial charge on any atom is 0.320 e. The summed E-state index contributed by atoms with van der Waals surface area (Å²) in [5, 5.41) is 3.57. The van der Waals surface area contributed by atoms with Crippen molar-refractivity contribution in [2.75, 3.05) is 12.4 Å². The topological polar surface area (TPSA) is 76.0 Å². The second-order valence-corrected chi connectivity index (χ2v) is 5.28. The van der Waals surface area contributed by atoms with Crippen LogP contribution in [0.15, 0.2) is 5.16 Å². The molecule has 0 atom stereocenters. The molecule has 0 saturated carbocycles. The molecule has 0 aliphatic heterocycles. The van der Waals surface area contributed by atoms with Gasteiger partial charge in [0.2, 0.25) is 0 Å². The average Bonchev–Trinajstić information content (AvgIpc) is 1.95. The van der Waals surface area contributed by atoms with Gasteiger partial charge in [-0.05, 0) is 13.8 Å². The summed E-state index contributed by atoms with van der Waals surface area (Å²) >= 11 is 0. The molecule has 0 saturated heterocycles. The van der Waals surface area contributed by atoms with Gasteiger partial charge in [-0.1, -0.05) is 5.16 Å². The summed E-state index contributed by atoms with van der Waals surface area (Å²) in [6.45, 7) is 3.83. The molecule has 0 spiro atoms. The lowest BCUT2D eigenvalue weighted by Crippen LogP contribution is -2.01. The summed E-state index contributed by atoms with van der Waals surface area (Å²) in [7, 11) is -3.55. The lowest BCUT2D eigenvalue weighted by molar-refractivity contribution is 0.158. The van der Waals surface area contributed by atoms with E-state index in [0.29, 0.717) is 23.1 Å². The quantitative estimate of drug-likeness (QED) is 0.318. The van der Waals surface area contributed by atoms with Crippen LogP contribution in [0.1, 0.15) is 13.8 Å². The Bertz CT molecular complexity index is 246. The molecule has 0 amide bonds. The highest BCUT2D eigenvalue weighted by Crippen LogP contribution is 2.08. The van der Waals surface area contributed by atoms with Crippen molar-refractivity contribution in [1.29, 1.82) is 0 Å². The van der Waals surface area contributed by atoms with Gasteiger partial charge < -0.3 is 4.84 Å². The van der Waals surface area contributed by atoms with Crippen molar-refractivity contribution in [1.82, 2.24) is 0 Å². The number of nitrogens with zero attached hydrogens (tertiary/aromatic N) is 1.